The first kappa shape index (κ1) is 25.0. The van der Waals surface area contributed by atoms with Gasteiger partial charge in [-0.15, -0.1) is 0 Å². The Labute approximate surface area is 196 Å². The van der Waals surface area contributed by atoms with E-state index in [-0.39, 0.29) is 24.1 Å². The van der Waals surface area contributed by atoms with Gasteiger partial charge in [-0.1, -0.05) is 6.42 Å². The quantitative estimate of drug-likeness (QED) is 0.397. The van der Waals surface area contributed by atoms with Crippen LogP contribution in [-0.4, -0.2) is 64.1 Å². The Morgan fingerprint density at radius 1 is 0.939 bits per heavy atom. The molecule has 0 bridgehead atoms. The molecule has 2 fully saturated rings. The minimum absolute atomic E-state index is 0.0220. The third-order valence-electron chi connectivity index (χ3n) is 6.41. The summed E-state index contributed by atoms with van der Waals surface area (Å²) < 4.78 is 27.3. The lowest BCUT2D eigenvalue weighted by atomic mass is 9.97. The number of aryl methyl sites for hydroxylation is 1. The van der Waals surface area contributed by atoms with Crippen LogP contribution in [0.2, 0.25) is 0 Å². The first-order valence-corrected chi connectivity index (χ1v) is 12.0. The fourth-order valence-electron chi connectivity index (χ4n) is 4.58. The molecule has 1 saturated carbocycles. The fraction of sp³-hybridized carbons (Fsp3) is 0.680. The van der Waals surface area contributed by atoms with Crippen LogP contribution in [0.1, 0.15) is 56.9 Å². The average molecular weight is 464 g/mol. The van der Waals surface area contributed by atoms with E-state index in [4.69, 9.17) is 23.7 Å². The summed E-state index contributed by atoms with van der Waals surface area (Å²) in [6, 6.07) is 3.81. The van der Waals surface area contributed by atoms with E-state index in [0.717, 1.165) is 44.1 Å². The zero-order valence-electron chi connectivity index (χ0n) is 20.1. The molecule has 0 radical (unpaired) electrons. The predicted molar refractivity (Wildman–Crippen MR) is 123 cm³/mol. The first-order chi connectivity index (χ1) is 16.0. The molecule has 1 heterocycles. The summed E-state index contributed by atoms with van der Waals surface area (Å²) in [6.07, 6.45) is 7.95. The largest absolute Gasteiger partial charge is 0.493 e. The Hall–Kier alpha value is -2.64. The van der Waals surface area contributed by atoms with Crippen molar-refractivity contribution in [2.24, 2.45) is 5.92 Å². The number of rotatable bonds is 9. The molecule has 1 aliphatic heterocycles. The second-order valence-electron chi connectivity index (χ2n) is 8.73. The van der Waals surface area contributed by atoms with Crippen molar-refractivity contribution in [3.05, 3.63) is 17.7 Å². The highest BCUT2D eigenvalue weighted by atomic mass is 16.6. The van der Waals surface area contributed by atoms with Crippen molar-refractivity contribution in [1.82, 2.24) is 4.90 Å². The van der Waals surface area contributed by atoms with E-state index < -0.39 is 0 Å². The standard InChI is InChI=1S/C25H37NO7/c1-29-21-15-18(16-22(30-2)23(21)31-3)9-8-14-32-24(27)19-10-7-13-26(17-19)25(28)33-20-11-5-4-6-12-20/h15-16,19-20H,4-14,17H2,1-3H3/t19-/m1/s1. The number of ether oxygens (including phenoxy) is 5. The third-order valence-corrected chi connectivity index (χ3v) is 6.41. The number of hydrogen-bond acceptors (Lipinski definition) is 7. The van der Waals surface area contributed by atoms with Crippen molar-refractivity contribution in [3.8, 4) is 17.2 Å². The molecule has 8 nitrogen and oxygen atoms in total. The summed E-state index contributed by atoms with van der Waals surface area (Å²) >= 11 is 0. The van der Waals surface area contributed by atoms with E-state index >= 15 is 0 Å². The topological polar surface area (TPSA) is 83.5 Å². The van der Waals surface area contributed by atoms with Crippen molar-refractivity contribution in [3.63, 3.8) is 0 Å². The van der Waals surface area contributed by atoms with E-state index in [0.29, 0.717) is 49.8 Å². The smallest absolute Gasteiger partial charge is 0.410 e. The SMILES string of the molecule is COc1cc(CCCOC(=O)[C@@H]2CCCN(C(=O)OC3CCCCC3)C2)cc(OC)c1OC. The van der Waals surface area contributed by atoms with Crippen LogP contribution in [-0.2, 0) is 20.7 Å². The molecule has 8 heteroatoms. The van der Waals surface area contributed by atoms with Gasteiger partial charge in [-0.3, -0.25) is 4.79 Å². The monoisotopic (exact) mass is 463 g/mol. The van der Waals surface area contributed by atoms with Gasteiger partial charge in [0.2, 0.25) is 5.75 Å². The summed E-state index contributed by atoms with van der Waals surface area (Å²) in [5, 5.41) is 0. The van der Waals surface area contributed by atoms with Crippen molar-refractivity contribution in [2.45, 2.75) is 63.9 Å². The minimum Gasteiger partial charge on any atom is -0.493 e. The number of carbonyl (C=O) groups is 2. The zero-order valence-corrected chi connectivity index (χ0v) is 20.1. The van der Waals surface area contributed by atoms with Crippen LogP contribution in [0.25, 0.3) is 0 Å². The summed E-state index contributed by atoms with van der Waals surface area (Å²) in [6.45, 7) is 1.33. The van der Waals surface area contributed by atoms with Crippen LogP contribution in [0.3, 0.4) is 0 Å². The van der Waals surface area contributed by atoms with Gasteiger partial charge in [0.25, 0.3) is 0 Å². The number of carbonyl (C=O) groups excluding carboxylic acids is 2. The maximum absolute atomic E-state index is 12.6. The van der Waals surface area contributed by atoms with Gasteiger partial charge in [0, 0.05) is 13.1 Å². The van der Waals surface area contributed by atoms with Gasteiger partial charge >= 0.3 is 12.1 Å². The molecule has 0 spiro atoms. The fourth-order valence-corrected chi connectivity index (χ4v) is 4.58. The summed E-state index contributed by atoms with van der Waals surface area (Å²) in [4.78, 5) is 26.8. The van der Waals surface area contributed by atoms with Crippen LogP contribution >= 0.6 is 0 Å². The van der Waals surface area contributed by atoms with Crippen molar-refractivity contribution >= 4 is 12.1 Å². The van der Waals surface area contributed by atoms with E-state index in [1.165, 1.54) is 6.42 Å². The van der Waals surface area contributed by atoms with Crippen LogP contribution in [0.5, 0.6) is 17.2 Å². The van der Waals surface area contributed by atoms with Crippen LogP contribution in [0.4, 0.5) is 4.79 Å². The normalized spacial score (nSPS) is 19.0. The molecule has 1 aromatic rings. The van der Waals surface area contributed by atoms with E-state index in [1.807, 2.05) is 12.1 Å². The van der Waals surface area contributed by atoms with Gasteiger partial charge < -0.3 is 28.6 Å². The lowest BCUT2D eigenvalue weighted by Crippen LogP contribution is -2.44. The summed E-state index contributed by atoms with van der Waals surface area (Å²) in [5.41, 5.74) is 1.01. The molecular formula is C25H37NO7. The minimum atomic E-state index is -0.293. The van der Waals surface area contributed by atoms with Gasteiger partial charge in [-0.05, 0) is 69.1 Å². The number of benzene rings is 1. The van der Waals surface area contributed by atoms with Crippen LogP contribution in [0.15, 0.2) is 12.1 Å². The Kier molecular flexibility index (Phi) is 9.51. The molecule has 0 aromatic heterocycles. The van der Waals surface area contributed by atoms with Crippen LogP contribution in [0, 0.1) is 5.92 Å². The predicted octanol–water partition coefficient (Wildman–Crippen LogP) is 4.37. The van der Waals surface area contributed by atoms with Gasteiger partial charge in [0.15, 0.2) is 11.5 Å². The van der Waals surface area contributed by atoms with E-state index in [9.17, 15) is 9.59 Å². The van der Waals surface area contributed by atoms with Crippen molar-refractivity contribution < 1.29 is 33.3 Å². The molecule has 1 amide bonds. The lowest BCUT2D eigenvalue weighted by molar-refractivity contribution is -0.150. The Morgan fingerprint density at radius 3 is 2.27 bits per heavy atom. The molecule has 2 aliphatic rings. The average Bonchev–Trinajstić information content (AvgIpc) is 2.86. The number of likely N-dealkylation sites (tertiary alicyclic amines) is 1. The highest BCUT2D eigenvalue weighted by Gasteiger charge is 2.31. The molecule has 1 saturated heterocycles. The number of amides is 1. The Morgan fingerprint density at radius 2 is 1.64 bits per heavy atom. The molecule has 1 aliphatic carbocycles. The highest BCUT2D eigenvalue weighted by molar-refractivity contribution is 5.75. The Balaban J connectivity index is 1.43. The second kappa shape index (κ2) is 12.6. The second-order valence-corrected chi connectivity index (χ2v) is 8.73. The van der Waals surface area contributed by atoms with Gasteiger partial charge in [0.1, 0.15) is 6.10 Å². The molecular weight excluding hydrogens is 426 g/mol. The number of piperidine rings is 1. The first-order valence-electron chi connectivity index (χ1n) is 12.0. The lowest BCUT2D eigenvalue weighted by Gasteiger charge is -2.32. The summed E-state index contributed by atoms with van der Waals surface area (Å²) in [5.74, 6) is 1.23. The zero-order chi connectivity index (χ0) is 23.6. The highest BCUT2D eigenvalue weighted by Crippen LogP contribution is 2.38. The summed E-state index contributed by atoms with van der Waals surface area (Å²) in [7, 11) is 4.74. The van der Waals surface area contributed by atoms with Gasteiger partial charge in [-0.25, -0.2) is 4.79 Å². The Bertz CT molecular complexity index is 766. The molecule has 0 N–H and O–H groups in total. The van der Waals surface area contributed by atoms with E-state index in [1.54, 1.807) is 26.2 Å². The maximum atomic E-state index is 12.6. The van der Waals surface area contributed by atoms with Gasteiger partial charge in [-0.2, -0.15) is 0 Å². The van der Waals surface area contributed by atoms with E-state index in [2.05, 4.69) is 0 Å². The van der Waals surface area contributed by atoms with Gasteiger partial charge in [0.05, 0.1) is 33.9 Å². The molecule has 1 aromatic carbocycles. The molecule has 3 rings (SSSR count). The van der Waals surface area contributed by atoms with Crippen LogP contribution < -0.4 is 14.2 Å². The number of esters is 1. The molecule has 1 atom stereocenters. The maximum Gasteiger partial charge on any atom is 0.410 e. The third kappa shape index (κ3) is 6.92. The molecule has 33 heavy (non-hydrogen) atoms. The van der Waals surface area contributed by atoms with Crippen molar-refractivity contribution in [1.29, 1.82) is 0 Å². The van der Waals surface area contributed by atoms with Crippen molar-refractivity contribution in [2.75, 3.05) is 41.0 Å². The number of hydrogen-bond donors (Lipinski definition) is 0. The molecule has 0 unspecified atom stereocenters. The number of methoxy groups -OCH3 is 3. The molecule has 184 valence electrons. The number of nitrogens with zero attached hydrogens (tertiary/aromatic N) is 1.